The summed E-state index contributed by atoms with van der Waals surface area (Å²) in [6.07, 6.45) is 3.69. The van der Waals surface area contributed by atoms with Crippen LogP contribution in [0.2, 0.25) is 0 Å². The van der Waals surface area contributed by atoms with Crippen LogP contribution in [0, 0.1) is 5.41 Å². The Kier molecular flexibility index (Phi) is 6.79. The van der Waals surface area contributed by atoms with E-state index in [1.54, 1.807) is 6.20 Å². The third-order valence-electron chi connectivity index (χ3n) is 3.58. The topological polar surface area (TPSA) is 72.9 Å². The zero-order chi connectivity index (χ0) is 16.2. The highest BCUT2D eigenvalue weighted by Gasteiger charge is 2.26. The average Bonchev–Trinajstić information content (AvgIpc) is 2.96. The fourth-order valence-corrected chi connectivity index (χ4v) is 2.11. The van der Waals surface area contributed by atoms with E-state index >= 15 is 0 Å². The van der Waals surface area contributed by atoms with Gasteiger partial charge in [0.15, 0.2) is 0 Å². The Morgan fingerprint density at radius 1 is 1.30 bits per heavy atom. The number of nitrogens with two attached hydrogens (primary N) is 1. The highest BCUT2D eigenvalue weighted by molar-refractivity contribution is 5.85. The first-order valence-corrected chi connectivity index (χ1v) is 7.45. The minimum Gasteiger partial charge on any atom is -0.351 e. The summed E-state index contributed by atoms with van der Waals surface area (Å²) in [5.41, 5.74) is 7.91. The van der Waals surface area contributed by atoms with Gasteiger partial charge < -0.3 is 11.1 Å². The molecule has 0 radical (unpaired) electrons. The summed E-state index contributed by atoms with van der Waals surface area (Å²) in [6, 6.07) is 9.50. The van der Waals surface area contributed by atoms with Gasteiger partial charge in [0.2, 0.25) is 5.91 Å². The molecule has 126 valence electrons. The van der Waals surface area contributed by atoms with Gasteiger partial charge in [0.25, 0.3) is 0 Å². The van der Waals surface area contributed by atoms with Crippen molar-refractivity contribution in [3.8, 4) is 0 Å². The van der Waals surface area contributed by atoms with Crippen LogP contribution in [-0.2, 0) is 17.9 Å². The first-order valence-electron chi connectivity index (χ1n) is 7.45. The summed E-state index contributed by atoms with van der Waals surface area (Å²) in [5.74, 6) is -0.120. The summed E-state index contributed by atoms with van der Waals surface area (Å²) >= 11 is 0. The van der Waals surface area contributed by atoms with E-state index in [1.165, 1.54) is 0 Å². The third-order valence-corrected chi connectivity index (χ3v) is 3.58. The summed E-state index contributed by atoms with van der Waals surface area (Å²) in [4.78, 5) is 12.1. The molecule has 6 heteroatoms. The molecule has 23 heavy (non-hydrogen) atoms. The molecule has 0 saturated carbocycles. The smallest absolute Gasteiger partial charge is 0.237 e. The summed E-state index contributed by atoms with van der Waals surface area (Å²) in [7, 11) is 0. The molecule has 1 heterocycles. The highest BCUT2D eigenvalue weighted by Crippen LogP contribution is 2.17. The van der Waals surface area contributed by atoms with Crippen LogP contribution in [0.25, 0.3) is 0 Å². The zero-order valence-electron chi connectivity index (χ0n) is 13.8. The molecule has 0 fully saturated rings. The van der Waals surface area contributed by atoms with Gasteiger partial charge in [0.05, 0.1) is 12.6 Å². The molecule has 0 bridgehead atoms. The predicted octanol–water partition coefficient (Wildman–Crippen LogP) is 2.34. The fraction of sp³-hybridized carbons (Fsp3) is 0.412. The van der Waals surface area contributed by atoms with Crippen molar-refractivity contribution in [3.63, 3.8) is 0 Å². The SMILES string of the molecule is CC(C)(C)[C@H](N)C(=O)NCc1cccc(Cn2cccn2)c1.Cl. The molecule has 1 amide bonds. The van der Waals surface area contributed by atoms with Crippen LogP contribution >= 0.6 is 12.4 Å². The van der Waals surface area contributed by atoms with Crippen LogP contribution in [0.5, 0.6) is 0 Å². The van der Waals surface area contributed by atoms with Gasteiger partial charge >= 0.3 is 0 Å². The van der Waals surface area contributed by atoms with Crippen molar-refractivity contribution in [3.05, 3.63) is 53.9 Å². The lowest BCUT2D eigenvalue weighted by atomic mass is 9.87. The Labute approximate surface area is 143 Å². The first-order chi connectivity index (χ1) is 10.4. The average molecular weight is 337 g/mol. The maximum absolute atomic E-state index is 12.1. The number of nitrogens with zero attached hydrogens (tertiary/aromatic N) is 2. The molecule has 3 N–H and O–H groups in total. The van der Waals surface area contributed by atoms with Crippen molar-refractivity contribution in [2.24, 2.45) is 11.1 Å². The van der Waals surface area contributed by atoms with E-state index in [4.69, 9.17) is 5.73 Å². The second-order valence-corrected chi connectivity index (χ2v) is 6.59. The molecule has 1 atom stereocenters. The lowest BCUT2D eigenvalue weighted by Gasteiger charge is -2.25. The molecule has 2 rings (SSSR count). The van der Waals surface area contributed by atoms with Crippen LogP contribution in [0.1, 0.15) is 31.9 Å². The monoisotopic (exact) mass is 336 g/mol. The number of benzene rings is 1. The molecular formula is C17H25ClN4O. The molecule has 2 aromatic rings. The van der Waals surface area contributed by atoms with E-state index in [2.05, 4.69) is 16.5 Å². The quantitative estimate of drug-likeness (QED) is 0.880. The van der Waals surface area contributed by atoms with Gasteiger partial charge in [0, 0.05) is 18.9 Å². The van der Waals surface area contributed by atoms with Gasteiger partial charge in [-0.05, 0) is 22.6 Å². The van der Waals surface area contributed by atoms with Gasteiger partial charge in [-0.1, -0.05) is 45.0 Å². The van der Waals surface area contributed by atoms with Crippen molar-refractivity contribution in [2.45, 2.75) is 39.9 Å². The molecule has 5 nitrogen and oxygen atoms in total. The van der Waals surface area contributed by atoms with Crippen molar-refractivity contribution in [1.29, 1.82) is 0 Å². The van der Waals surface area contributed by atoms with E-state index in [0.717, 1.165) is 17.7 Å². The largest absolute Gasteiger partial charge is 0.351 e. The molecule has 1 aromatic heterocycles. The normalized spacial score (nSPS) is 12.3. The first kappa shape index (κ1) is 19.2. The summed E-state index contributed by atoms with van der Waals surface area (Å²) < 4.78 is 1.87. The fourth-order valence-electron chi connectivity index (χ4n) is 2.11. The summed E-state index contributed by atoms with van der Waals surface area (Å²) in [5, 5.41) is 7.10. The third kappa shape index (κ3) is 5.69. The minimum absolute atomic E-state index is 0. The van der Waals surface area contributed by atoms with Crippen molar-refractivity contribution in [1.82, 2.24) is 15.1 Å². The van der Waals surface area contributed by atoms with E-state index in [1.807, 2.05) is 55.9 Å². The minimum atomic E-state index is -0.514. The van der Waals surface area contributed by atoms with Crippen LogP contribution < -0.4 is 11.1 Å². The van der Waals surface area contributed by atoms with Gasteiger partial charge in [-0.3, -0.25) is 9.48 Å². The van der Waals surface area contributed by atoms with Crippen molar-refractivity contribution in [2.75, 3.05) is 0 Å². The molecule has 0 aliphatic rings. The van der Waals surface area contributed by atoms with E-state index in [-0.39, 0.29) is 23.7 Å². The number of hydrogen-bond donors (Lipinski definition) is 2. The Morgan fingerprint density at radius 2 is 2.00 bits per heavy atom. The van der Waals surface area contributed by atoms with Crippen LogP contribution in [0.4, 0.5) is 0 Å². The van der Waals surface area contributed by atoms with E-state index in [9.17, 15) is 4.79 Å². The second-order valence-electron chi connectivity index (χ2n) is 6.59. The van der Waals surface area contributed by atoms with Crippen LogP contribution in [0.3, 0.4) is 0 Å². The van der Waals surface area contributed by atoms with Gasteiger partial charge in [0.1, 0.15) is 0 Å². The Morgan fingerprint density at radius 3 is 2.61 bits per heavy atom. The number of carbonyl (C=O) groups excluding carboxylic acids is 1. The van der Waals surface area contributed by atoms with E-state index in [0.29, 0.717) is 6.54 Å². The lowest BCUT2D eigenvalue weighted by molar-refractivity contribution is -0.124. The standard InChI is InChI=1S/C17H24N4O.ClH/c1-17(2,3)15(18)16(22)19-11-13-6-4-7-14(10-13)12-21-9-5-8-20-21;/h4-10,15H,11-12,18H2,1-3H3,(H,19,22);1H/t15-;/m1./s1. The number of aromatic nitrogens is 2. The number of carbonyl (C=O) groups is 1. The predicted molar refractivity (Wildman–Crippen MR) is 94.3 cm³/mol. The molecule has 0 aliphatic heterocycles. The Hall–Kier alpha value is -1.85. The maximum atomic E-state index is 12.1. The molecule has 0 unspecified atom stereocenters. The van der Waals surface area contributed by atoms with Gasteiger partial charge in [-0.25, -0.2) is 0 Å². The van der Waals surface area contributed by atoms with E-state index < -0.39 is 6.04 Å². The number of rotatable bonds is 5. The van der Waals surface area contributed by atoms with Crippen molar-refractivity contribution >= 4 is 18.3 Å². The molecule has 0 spiro atoms. The Bertz CT molecular complexity index is 620. The number of nitrogens with one attached hydrogen (secondary N) is 1. The second kappa shape index (κ2) is 8.13. The maximum Gasteiger partial charge on any atom is 0.237 e. The zero-order valence-corrected chi connectivity index (χ0v) is 14.6. The van der Waals surface area contributed by atoms with Gasteiger partial charge in [-0.15, -0.1) is 12.4 Å². The van der Waals surface area contributed by atoms with Gasteiger partial charge in [-0.2, -0.15) is 5.10 Å². The molecule has 0 aliphatic carbocycles. The summed E-state index contributed by atoms with van der Waals surface area (Å²) in [6.45, 7) is 7.08. The van der Waals surface area contributed by atoms with Crippen LogP contribution in [-0.4, -0.2) is 21.7 Å². The number of halogens is 1. The number of hydrogen-bond acceptors (Lipinski definition) is 3. The highest BCUT2D eigenvalue weighted by atomic mass is 35.5. The molecule has 0 saturated heterocycles. The van der Waals surface area contributed by atoms with Crippen LogP contribution in [0.15, 0.2) is 42.7 Å². The molecular weight excluding hydrogens is 312 g/mol. The van der Waals surface area contributed by atoms with Crippen molar-refractivity contribution < 1.29 is 4.79 Å². The number of amides is 1. The molecule has 1 aromatic carbocycles. The lowest BCUT2D eigenvalue weighted by Crippen LogP contribution is -2.48. The Balaban J connectivity index is 0.00000264.